The Morgan fingerprint density at radius 1 is 1.52 bits per heavy atom. The van der Waals surface area contributed by atoms with Gasteiger partial charge in [0, 0.05) is 13.1 Å². The van der Waals surface area contributed by atoms with E-state index in [1.807, 2.05) is 0 Å². The topological polar surface area (TPSA) is 89.7 Å². The van der Waals surface area contributed by atoms with Gasteiger partial charge in [-0.15, -0.1) is 0 Å². The Balaban J connectivity index is 2.32. The van der Waals surface area contributed by atoms with Gasteiger partial charge in [-0.2, -0.15) is 4.31 Å². The van der Waals surface area contributed by atoms with Gasteiger partial charge >= 0.3 is 5.97 Å². The maximum Gasteiger partial charge on any atom is 0.310 e. The van der Waals surface area contributed by atoms with Crippen LogP contribution in [0.5, 0.6) is 0 Å². The molecule has 0 aromatic heterocycles. The maximum absolute atomic E-state index is 13.3. The van der Waals surface area contributed by atoms with Crippen LogP contribution in [0, 0.1) is 11.7 Å². The van der Waals surface area contributed by atoms with E-state index in [0.717, 1.165) is 16.4 Å². The van der Waals surface area contributed by atoms with E-state index in [1.165, 1.54) is 7.11 Å². The molecule has 1 atom stereocenters. The molecule has 1 aliphatic heterocycles. The number of carbonyl (C=O) groups excluding carboxylic acids is 1. The van der Waals surface area contributed by atoms with Gasteiger partial charge in [0.05, 0.1) is 23.2 Å². The lowest BCUT2D eigenvalue weighted by molar-refractivity contribution is -0.144. The van der Waals surface area contributed by atoms with Crippen LogP contribution in [0.3, 0.4) is 0 Å². The number of hydrogen-bond acceptors (Lipinski definition) is 5. The molecule has 1 saturated heterocycles. The van der Waals surface area contributed by atoms with Crippen molar-refractivity contribution in [1.29, 1.82) is 0 Å². The fourth-order valence-electron chi connectivity index (χ4n) is 2.21. The highest BCUT2D eigenvalue weighted by Gasteiger charge is 2.37. The Morgan fingerprint density at radius 3 is 2.81 bits per heavy atom. The van der Waals surface area contributed by atoms with Gasteiger partial charge in [0.1, 0.15) is 10.7 Å². The molecule has 9 heteroatoms. The fourth-order valence-corrected chi connectivity index (χ4v) is 4.33. The molecule has 1 fully saturated rings. The number of anilines is 1. The summed E-state index contributed by atoms with van der Waals surface area (Å²) in [6, 6.07) is 2.08. The van der Waals surface area contributed by atoms with Crippen LogP contribution in [-0.2, 0) is 19.6 Å². The van der Waals surface area contributed by atoms with E-state index in [-0.39, 0.29) is 28.1 Å². The molecule has 1 heterocycles. The molecule has 21 heavy (non-hydrogen) atoms. The number of sulfonamides is 1. The molecule has 6 nitrogen and oxygen atoms in total. The van der Waals surface area contributed by atoms with Crippen molar-refractivity contribution in [3.63, 3.8) is 0 Å². The average molecular weight is 381 g/mol. The summed E-state index contributed by atoms with van der Waals surface area (Å²) < 4.78 is 44.2. The maximum atomic E-state index is 13.3. The third kappa shape index (κ3) is 3.04. The lowest BCUT2D eigenvalue weighted by Crippen LogP contribution is -2.31. The van der Waals surface area contributed by atoms with Crippen molar-refractivity contribution in [3.05, 3.63) is 22.4 Å². The van der Waals surface area contributed by atoms with Crippen molar-refractivity contribution in [3.8, 4) is 0 Å². The van der Waals surface area contributed by atoms with E-state index < -0.39 is 27.7 Å². The molecular formula is C12H14BrFN2O4S. The largest absolute Gasteiger partial charge is 0.469 e. The molecule has 1 unspecified atom stereocenters. The summed E-state index contributed by atoms with van der Waals surface area (Å²) >= 11 is 2.94. The van der Waals surface area contributed by atoms with E-state index >= 15 is 0 Å². The monoisotopic (exact) mass is 380 g/mol. The molecule has 0 saturated carbocycles. The Kier molecular flexibility index (Phi) is 4.54. The first-order valence-corrected chi connectivity index (χ1v) is 8.33. The molecule has 0 spiro atoms. The van der Waals surface area contributed by atoms with Crippen molar-refractivity contribution in [1.82, 2.24) is 4.31 Å². The molecule has 0 aliphatic carbocycles. The molecule has 0 amide bonds. The van der Waals surface area contributed by atoms with E-state index in [1.54, 1.807) is 0 Å². The second-order valence-electron chi connectivity index (χ2n) is 4.68. The third-order valence-electron chi connectivity index (χ3n) is 3.36. The number of carbonyl (C=O) groups is 1. The Hall–Kier alpha value is -1.19. The summed E-state index contributed by atoms with van der Waals surface area (Å²) in [5.41, 5.74) is 5.44. The van der Waals surface area contributed by atoms with Crippen LogP contribution in [0.15, 0.2) is 21.5 Å². The second kappa shape index (κ2) is 5.90. The van der Waals surface area contributed by atoms with Gasteiger partial charge in [0.15, 0.2) is 0 Å². The molecule has 2 rings (SSSR count). The highest BCUT2D eigenvalue weighted by atomic mass is 79.9. The van der Waals surface area contributed by atoms with Crippen LogP contribution in [0.1, 0.15) is 6.42 Å². The molecule has 0 radical (unpaired) electrons. The van der Waals surface area contributed by atoms with Gasteiger partial charge in [-0.05, 0) is 34.5 Å². The number of methoxy groups -OCH3 is 1. The van der Waals surface area contributed by atoms with Crippen LogP contribution in [0.2, 0.25) is 0 Å². The van der Waals surface area contributed by atoms with Crippen molar-refractivity contribution in [2.24, 2.45) is 5.92 Å². The highest BCUT2D eigenvalue weighted by molar-refractivity contribution is 9.10. The van der Waals surface area contributed by atoms with Crippen molar-refractivity contribution in [2.45, 2.75) is 11.3 Å². The molecule has 0 bridgehead atoms. The first-order valence-electron chi connectivity index (χ1n) is 6.10. The van der Waals surface area contributed by atoms with Crippen LogP contribution in [0.25, 0.3) is 0 Å². The molecule has 2 N–H and O–H groups in total. The molecule has 1 aromatic carbocycles. The quantitative estimate of drug-likeness (QED) is 0.631. The summed E-state index contributed by atoms with van der Waals surface area (Å²) in [5.74, 6) is -1.57. The van der Waals surface area contributed by atoms with Crippen LogP contribution in [0.4, 0.5) is 10.1 Å². The first-order chi connectivity index (χ1) is 9.77. The van der Waals surface area contributed by atoms with Gasteiger partial charge in [-0.1, -0.05) is 0 Å². The summed E-state index contributed by atoms with van der Waals surface area (Å²) in [5, 5.41) is 0. The van der Waals surface area contributed by atoms with Gasteiger partial charge < -0.3 is 10.5 Å². The minimum absolute atomic E-state index is 0.0130. The van der Waals surface area contributed by atoms with E-state index in [4.69, 9.17) is 5.73 Å². The third-order valence-corrected chi connectivity index (χ3v) is 5.88. The smallest absolute Gasteiger partial charge is 0.310 e. The van der Waals surface area contributed by atoms with Crippen LogP contribution in [-0.4, -0.2) is 38.9 Å². The number of rotatable bonds is 3. The SMILES string of the molecule is COC(=O)C1CCN(S(=O)(=O)c2cc(Br)c(F)cc2N)C1. The number of nitrogen functional groups attached to an aromatic ring is 1. The number of hydrogen-bond donors (Lipinski definition) is 1. The van der Waals surface area contributed by atoms with E-state index in [0.29, 0.717) is 6.42 Å². The molecule has 1 aromatic rings. The van der Waals surface area contributed by atoms with E-state index in [2.05, 4.69) is 20.7 Å². The fraction of sp³-hybridized carbons (Fsp3) is 0.417. The van der Waals surface area contributed by atoms with Gasteiger partial charge in [-0.25, -0.2) is 12.8 Å². The van der Waals surface area contributed by atoms with Crippen molar-refractivity contribution >= 4 is 37.6 Å². The predicted octanol–water partition coefficient (Wildman–Crippen LogP) is 1.35. The zero-order valence-electron chi connectivity index (χ0n) is 11.2. The number of benzene rings is 1. The minimum Gasteiger partial charge on any atom is -0.469 e. The Bertz CT molecular complexity index is 680. The standard InChI is InChI=1S/C12H14BrFN2O4S/c1-20-12(17)7-2-3-16(6-7)21(18,19)11-4-8(13)9(14)5-10(11)15/h4-5,7H,2-3,6,15H2,1H3. The molecule has 1 aliphatic rings. The average Bonchev–Trinajstić information content (AvgIpc) is 2.92. The molecular weight excluding hydrogens is 367 g/mol. The number of esters is 1. The van der Waals surface area contributed by atoms with Gasteiger partial charge in [-0.3, -0.25) is 4.79 Å². The van der Waals surface area contributed by atoms with Crippen molar-refractivity contribution in [2.75, 3.05) is 25.9 Å². The summed E-state index contributed by atoms with van der Waals surface area (Å²) in [4.78, 5) is 11.3. The minimum atomic E-state index is -3.88. The van der Waals surface area contributed by atoms with Crippen molar-refractivity contribution < 1.29 is 22.3 Å². The predicted molar refractivity (Wildman–Crippen MR) is 77.4 cm³/mol. The highest BCUT2D eigenvalue weighted by Crippen LogP contribution is 2.31. The number of nitrogens with zero attached hydrogens (tertiary/aromatic N) is 1. The normalized spacial score (nSPS) is 19.7. The number of halogens is 2. The summed E-state index contributed by atoms with van der Waals surface area (Å²) in [7, 11) is -2.62. The Labute approximate surface area is 130 Å². The lowest BCUT2D eigenvalue weighted by Gasteiger charge is -2.18. The first kappa shape index (κ1) is 16.2. The zero-order valence-corrected chi connectivity index (χ0v) is 13.6. The second-order valence-corrected chi connectivity index (χ2v) is 7.44. The van der Waals surface area contributed by atoms with E-state index in [9.17, 15) is 17.6 Å². The summed E-state index contributed by atoms with van der Waals surface area (Å²) in [6.07, 6.45) is 0.383. The molecule has 116 valence electrons. The lowest BCUT2D eigenvalue weighted by atomic mass is 10.1. The van der Waals surface area contributed by atoms with Crippen LogP contribution < -0.4 is 5.73 Å². The van der Waals surface area contributed by atoms with Crippen LogP contribution >= 0.6 is 15.9 Å². The van der Waals surface area contributed by atoms with Gasteiger partial charge in [0.2, 0.25) is 10.0 Å². The zero-order chi connectivity index (χ0) is 15.8. The Morgan fingerprint density at radius 2 is 2.19 bits per heavy atom. The summed E-state index contributed by atoms with van der Waals surface area (Å²) in [6.45, 7) is 0.222. The number of nitrogens with two attached hydrogens (primary N) is 1. The van der Waals surface area contributed by atoms with Gasteiger partial charge in [0.25, 0.3) is 0 Å². The number of ether oxygens (including phenoxy) is 1.